The fourth-order valence-electron chi connectivity index (χ4n) is 2.74. The van der Waals surface area contributed by atoms with E-state index in [0.29, 0.717) is 18.7 Å². The maximum absolute atomic E-state index is 14.0. The second kappa shape index (κ2) is 6.90. The number of benzene rings is 1. The summed E-state index contributed by atoms with van der Waals surface area (Å²) < 4.78 is 19.4. The van der Waals surface area contributed by atoms with Crippen LogP contribution in [0.2, 0.25) is 0 Å². The second-order valence-electron chi connectivity index (χ2n) is 7.39. The van der Waals surface area contributed by atoms with Crippen molar-refractivity contribution in [1.82, 2.24) is 9.80 Å². The van der Waals surface area contributed by atoms with Gasteiger partial charge in [-0.15, -0.1) is 0 Å². The van der Waals surface area contributed by atoms with Gasteiger partial charge in [-0.05, 0) is 46.2 Å². The summed E-state index contributed by atoms with van der Waals surface area (Å²) in [5.41, 5.74) is -0.227. The monoisotopic (exact) mass is 352 g/mol. The molecule has 0 unspecified atom stereocenters. The molecular formula is C18H25FN2O4. The number of ether oxygens (including phenoxy) is 1. The number of rotatable bonds is 1. The normalized spacial score (nSPS) is 18.2. The number of carbonyl (C=O) groups excluding carboxylic acids is 2. The van der Waals surface area contributed by atoms with Gasteiger partial charge in [0.05, 0.1) is 5.56 Å². The first-order valence-corrected chi connectivity index (χ1v) is 8.27. The molecule has 25 heavy (non-hydrogen) atoms. The zero-order valence-electron chi connectivity index (χ0n) is 15.3. The predicted octanol–water partition coefficient (Wildman–Crippen LogP) is 2.92. The van der Waals surface area contributed by atoms with Crippen LogP contribution >= 0.6 is 0 Å². The van der Waals surface area contributed by atoms with Crippen molar-refractivity contribution in [3.05, 3.63) is 29.1 Å². The fraction of sp³-hybridized carbons (Fsp3) is 0.556. The first-order valence-electron chi connectivity index (χ1n) is 8.27. The molecule has 1 aromatic carbocycles. The van der Waals surface area contributed by atoms with Crippen LogP contribution in [0.4, 0.5) is 9.18 Å². The van der Waals surface area contributed by atoms with E-state index in [0.717, 1.165) is 6.07 Å². The molecule has 2 amide bonds. The van der Waals surface area contributed by atoms with Gasteiger partial charge in [-0.3, -0.25) is 4.79 Å². The van der Waals surface area contributed by atoms with E-state index >= 15 is 0 Å². The van der Waals surface area contributed by atoms with Crippen LogP contribution < -0.4 is 0 Å². The van der Waals surface area contributed by atoms with E-state index in [1.165, 1.54) is 11.0 Å². The summed E-state index contributed by atoms with van der Waals surface area (Å²) in [4.78, 5) is 27.9. The quantitative estimate of drug-likeness (QED) is 0.844. The topological polar surface area (TPSA) is 70.1 Å². The van der Waals surface area contributed by atoms with Crippen molar-refractivity contribution in [1.29, 1.82) is 0 Å². The van der Waals surface area contributed by atoms with E-state index in [1.807, 2.05) is 6.92 Å². The molecule has 1 saturated heterocycles. The molecule has 0 radical (unpaired) electrons. The van der Waals surface area contributed by atoms with Gasteiger partial charge in [0, 0.05) is 31.7 Å². The van der Waals surface area contributed by atoms with E-state index in [2.05, 4.69) is 0 Å². The van der Waals surface area contributed by atoms with Gasteiger partial charge in [-0.25, -0.2) is 9.18 Å². The number of halogens is 1. The highest BCUT2D eigenvalue weighted by Gasteiger charge is 2.33. The summed E-state index contributed by atoms with van der Waals surface area (Å²) in [5, 5.41) is 9.52. The van der Waals surface area contributed by atoms with Gasteiger partial charge in [0.2, 0.25) is 0 Å². The number of piperazine rings is 1. The van der Waals surface area contributed by atoms with Crippen LogP contribution in [-0.4, -0.2) is 58.2 Å². The average molecular weight is 352 g/mol. The smallest absolute Gasteiger partial charge is 0.410 e. The predicted molar refractivity (Wildman–Crippen MR) is 91.1 cm³/mol. The Hall–Kier alpha value is -2.31. The Balaban J connectivity index is 2.09. The Morgan fingerprint density at radius 3 is 2.48 bits per heavy atom. The number of hydrogen-bond acceptors (Lipinski definition) is 4. The lowest BCUT2D eigenvalue weighted by Crippen LogP contribution is -2.56. The number of aromatic hydroxyl groups is 1. The maximum atomic E-state index is 14.0. The highest BCUT2D eigenvalue weighted by Crippen LogP contribution is 2.23. The summed E-state index contributed by atoms with van der Waals surface area (Å²) in [6, 6.07) is 2.05. The molecule has 6 nitrogen and oxygen atoms in total. The molecule has 1 aliphatic heterocycles. The minimum atomic E-state index is -0.754. The van der Waals surface area contributed by atoms with Gasteiger partial charge in [0.15, 0.2) is 0 Å². The molecule has 1 aromatic rings. The number of phenolic OH excluding ortho intramolecular Hbond substituents is 1. The molecule has 7 heteroatoms. The number of hydrogen-bond donors (Lipinski definition) is 1. The van der Waals surface area contributed by atoms with Gasteiger partial charge in [0.25, 0.3) is 5.91 Å². The van der Waals surface area contributed by atoms with Gasteiger partial charge >= 0.3 is 6.09 Å². The molecule has 1 N–H and O–H groups in total. The van der Waals surface area contributed by atoms with E-state index < -0.39 is 23.4 Å². The van der Waals surface area contributed by atoms with Crippen molar-refractivity contribution in [2.75, 3.05) is 19.6 Å². The summed E-state index contributed by atoms with van der Waals surface area (Å²) in [5.74, 6) is -1.39. The number of carbonyl (C=O) groups is 2. The number of amides is 2. The molecule has 1 heterocycles. The number of nitrogens with zero attached hydrogens (tertiary/aromatic N) is 2. The van der Waals surface area contributed by atoms with Crippen LogP contribution in [0.5, 0.6) is 5.75 Å². The van der Waals surface area contributed by atoms with Crippen LogP contribution in [0.1, 0.15) is 43.6 Å². The molecule has 0 aromatic heterocycles. The molecular weight excluding hydrogens is 327 g/mol. The Morgan fingerprint density at radius 2 is 1.92 bits per heavy atom. The Morgan fingerprint density at radius 1 is 1.28 bits per heavy atom. The minimum absolute atomic E-state index is 0.0757. The molecule has 1 atom stereocenters. The van der Waals surface area contributed by atoms with Gasteiger partial charge in [0.1, 0.15) is 17.2 Å². The molecule has 2 rings (SSSR count). The van der Waals surface area contributed by atoms with Crippen molar-refractivity contribution in [2.45, 2.75) is 46.3 Å². The molecule has 0 saturated carbocycles. The molecule has 138 valence electrons. The highest BCUT2D eigenvalue weighted by molar-refractivity contribution is 5.95. The minimum Gasteiger partial charge on any atom is -0.508 e. The lowest BCUT2D eigenvalue weighted by atomic mass is 10.1. The lowest BCUT2D eigenvalue weighted by Gasteiger charge is -2.40. The largest absolute Gasteiger partial charge is 0.508 e. The lowest BCUT2D eigenvalue weighted by molar-refractivity contribution is 0.00190. The Bertz CT molecular complexity index is 684. The molecule has 0 spiro atoms. The van der Waals surface area contributed by atoms with Gasteiger partial charge in [-0.2, -0.15) is 0 Å². The van der Waals surface area contributed by atoms with Crippen LogP contribution in [-0.2, 0) is 4.74 Å². The van der Waals surface area contributed by atoms with Crippen LogP contribution in [0.25, 0.3) is 0 Å². The molecule has 0 aliphatic carbocycles. The third kappa shape index (κ3) is 4.41. The van der Waals surface area contributed by atoms with Gasteiger partial charge in [-0.1, -0.05) is 0 Å². The summed E-state index contributed by atoms with van der Waals surface area (Å²) >= 11 is 0. The second-order valence-corrected chi connectivity index (χ2v) is 7.39. The van der Waals surface area contributed by atoms with Crippen molar-refractivity contribution >= 4 is 12.0 Å². The Kier molecular flexibility index (Phi) is 5.25. The maximum Gasteiger partial charge on any atom is 0.410 e. The van der Waals surface area contributed by atoms with Crippen molar-refractivity contribution in [2.24, 2.45) is 0 Å². The van der Waals surface area contributed by atoms with Gasteiger partial charge < -0.3 is 19.6 Å². The SMILES string of the molecule is Cc1cc(C(=O)N2CCN(C(=O)OC(C)(C)C)[C@H](C)C2)c(F)cc1O. The van der Waals surface area contributed by atoms with Crippen molar-refractivity contribution < 1.29 is 23.8 Å². The first kappa shape index (κ1) is 19.0. The summed E-state index contributed by atoms with van der Waals surface area (Å²) in [7, 11) is 0. The standard InChI is InChI=1S/C18H25FN2O4/c1-11-8-13(14(19)9-15(11)22)16(23)20-6-7-21(12(2)10-20)17(24)25-18(3,4)5/h8-9,12,22H,6-7,10H2,1-5H3/t12-/m1/s1. The third-order valence-corrected chi connectivity index (χ3v) is 4.06. The average Bonchev–Trinajstić information content (AvgIpc) is 2.48. The van der Waals surface area contributed by atoms with Crippen LogP contribution in [0.15, 0.2) is 12.1 Å². The number of aryl methyl sites for hydroxylation is 1. The Labute approximate surface area is 147 Å². The molecule has 1 aliphatic rings. The van der Waals surface area contributed by atoms with Crippen LogP contribution in [0.3, 0.4) is 0 Å². The third-order valence-electron chi connectivity index (χ3n) is 4.06. The summed E-state index contributed by atoms with van der Waals surface area (Å²) in [6.07, 6.45) is -0.418. The van der Waals surface area contributed by atoms with E-state index in [9.17, 15) is 19.1 Å². The number of phenols is 1. The highest BCUT2D eigenvalue weighted by atomic mass is 19.1. The molecule has 1 fully saturated rings. The summed E-state index contributed by atoms with van der Waals surface area (Å²) in [6.45, 7) is 9.72. The first-order chi connectivity index (χ1) is 11.5. The van der Waals surface area contributed by atoms with E-state index in [-0.39, 0.29) is 23.9 Å². The van der Waals surface area contributed by atoms with Crippen molar-refractivity contribution in [3.8, 4) is 5.75 Å². The van der Waals surface area contributed by atoms with Crippen LogP contribution in [0, 0.1) is 12.7 Å². The van der Waals surface area contributed by atoms with E-state index in [4.69, 9.17) is 4.74 Å². The fourth-order valence-corrected chi connectivity index (χ4v) is 2.74. The van der Waals surface area contributed by atoms with E-state index in [1.54, 1.807) is 32.6 Å². The zero-order valence-corrected chi connectivity index (χ0v) is 15.3. The zero-order chi connectivity index (χ0) is 18.9. The van der Waals surface area contributed by atoms with Crippen molar-refractivity contribution in [3.63, 3.8) is 0 Å². The molecule has 0 bridgehead atoms.